The van der Waals surface area contributed by atoms with Gasteiger partial charge in [-0.1, -0.05) is 11.3 Å². The fourth-order valence-electron chi connectivity index (χ4n) is 2.18. The van der Waals surface area contributed by atoms with Crippen LogP contribution in [0, 0.1) is 0 Å². The zero-order valence-corrected chi connectivity index (χ0v) is 11.0. The van der Waals surface area contributed by atoms with Crippen LogP contribution < -0.4 is 10.5 Å². The monoisotopic (exact) mass is 261 g/mol. The summed E-state index contributed by atoms with van der Waals surface area (Å²) in [5.74, 6) is 0. The second kappa shape index (κ2) is 4.59. The highest BCUT2D eigenvalue weighted by molar-refractivity contribution is 7.20. The third-order valence-electron chi connectivity index (χ3n) is 2.90. The van der Waals surface area contributed by atoms with Crippen LogP contribution in [0.25, 0.3) is 21.0 Å². The molecule has 0 unspecified atom stereocenters. The number of thiophene rings is 1. The van der Waals surface area contributed by atoms with E-state index < -0.39 is 0 Å². The predicted molar refractivity (Wildman–Crippen MR) is 75.3 cm³/mol. The molecule has 0 aliphatic rings. The molecule has 0 atom stereocenters. The van der Waals surface area contributed by atoms with Crippen LogP contribution in [-0.4, -0.2) is 22.9 Å². The average molecular weight is 261 g/mol. The van der Waals surface area contributed by atoms with Crippen LogP contribution in [0.15, 0.2) is 24.4 Å². The zero-order chi connectivity index (χ0) is 12.5. The Morgan fingerprint density at radius 1 is 1.44 bits per heavy atom. The summed E-state index contributed by atoms with van der Waals surface area (Å²) in [6.45, 7) is 4.02. The molecule has 5 heteroatoms. The van der Waals surface area contributed by atoms with Crippen LogP contribution in [0.1, 0.15) is 6.92 Å². The van der Waals surface area contributed by atoms with Crippen molar-refractivity contribution in [3.8, 4) is 5.06 Å². The first-order chi connectivity index (χ1) is 8.83. The maximum Gasteiger partial charge on any atom is 0.174 e. The van der Waals surface area contributed by atoms with E-state index in [-0.39, 0.29) is 0 Å². The number of rotatable bonds is 4. The lowest BCUT2D eigenvalue weighted by Gasteiger charge is -2.01. The summed E-state index contributed by atoms with van der Waals surface area (Å²) in [5.41, 5.74) is 6.78. The molecule has 0 bridgehead atoms. The van der Waals surface area contributed by atoms with Crippen LogP contribution in [0.5, 0.6) is 5.06 Å². The van der Waals surface area contributed by atoms with Crippen LogP contribution in [0.3, 0.4) is 0 Å². The van der Waals surface area contributed by atoms with Crippen molar-refractivity contribution in [1.82, 2.24) is 9.78 Å². The van der Waals surface area contributed by atoms with Crippen molar-refractivity contribution in [2.75, 3.05) is 13.2 Å². The Balaban J connectivity index is 2.25. The second-order valence-corrected chi connectivity index (χ2v) is 5.12. The Hall–Kier alpha value is -1.59. The van der Waals surface area contributed by atoms with Crippen LogP contribution in [-0.2, 0) is 6.54 Å². The van der Waals surface area contributed by atoms with Gasteiger partial charge in [-0.05, 0) is 19.1 Å². The molecule has 2 heterocycles. The fourth-order valence-corrected chi connectivity index (χ4v) is 3.15. The average Bonchev–Trinajstić information content (AvgIpc) is 2.93. The van der Waals surface area contributed by atoms with Crippen LogP contribution in [0.4, 0.5) is 0 Å². The molecule has 0 aliphatic carbocycles. The molecule has 0 spiro atoms. The van der Waals surface area contributed by atoms with Crippen molar-refractivity contribution >= 4 is 32.3 Å². The number of aromatic nitrogens is 2. The summed E-state index contributed by atoms with van der Waals surface area (Å²) in [5, 5.41) is 7.70. The van der Waals surface area contributed by atoms with Gasteiger partial charge in [-0.2, -0.15) is 5.10 Å². The van der Waals surface area contributed by atoms with Crippen molar-refractivity contribution < 1.29 is 4.74 Å². The van der Waals surface area contributed by atoms with Crippen molar-refractivity contribution in [3.63, 3.8) is 0 Å². The second-order valence-electron chi connectivity index (χ2n) is 4.07. The van der Waals surface area contributed by atoms with Crippen molar-refractivity contribution in [1.29, 1.82) is 0 Å². The van der Waals surface area contributed by atoms with E-state index in [1.807, 2.05) is 17.8 Å². The van der Waals surface area contributed by atoms with Gasteiger partial charge in [0.1, 0.15) is 0 Å². The van der Waals surface area contributed by atoms with E-state index in [0.717, 1.165) is 22.5 Å². The third-order valence-corrected chi connectivity index (χ3v) is 3.92. The van der Waals surface area contributed by atoms with Crippen LogP contribution >= 0.6 is 11.3 Å². The highest BCUT2D eigenvalue weighted by Crippen LogP contribution is 2.36. The number of hydrogen-bond donors (Lipinski definition) is 1. The minimum atomic E-state index is 0.593. The number of benzene rings is 1. The van der Waals surface area contributed by atoms with Gasteiger partial charge in [0.2, 0.25) is 0 Å². The molecule has 94 valence electrons. The zero-order valence-electron chi connectivity index (χ0n) is 10.2. The van der Waals surface area contributed by atoms with Crippen LogP contribution in [0.2, 0.25) is 0 Å². The molecule has 0 saturated carbocycles. The molecule has 2 aromatic heterocycles. The first-order valence-electron chi connectivity index (χ1n) is 6.04. The molecule has 1 aromatic carbocycles. The standard InChI is InChI=1S/C13H15N3OS/c1-2-17-12-7-10-11(18-12)4-3-9-8-15-16(6-5-14)13(9)10/h3-4,7-8H,2,5-6,14H2,1H3. The predicted octanol–water partition coefficient (Wildman–Crippen LogP) is 2.61. The van der Waals surface area contributed by atoms with E-state index >= 15 is 0 Å². The Morgan fingerprint density at radius 2 is 2.33 bits per heavy atom. The topological polar surface area (TPSA) is 53.1 Å². The quantitative estimate of drug-likeness (QED) is 0.785. The smallest absolute Gasteiger partial charge is 0.174 e. The van der Waals surface area contributed by atoms with E-state index in [4.69, 9.17) is 10.5 Å². The van der Waals surface area contributed by atoms with Gasteiger partial charge in [-0.15, -0.1) is 0 Å². The SMILES string of the molecule is CCOc1cc2c(ccc3cnn(CCN)c32)s1. The number of nitrogens with zero attached hydrogens (tertiary/aromatic N) is 2. The molecule has 2 N–H and O–H groups in total. The lowest BCUT2D eigenvalue weighted by atomic mass is 10.2. The summed E-state index contributed by atoms with van der Waals surface area (Å²) in [4.78, 5) is 0. The number of nitrogens with two attached hydrogens (primary N) is 1. The molecule has 0 fully saturated rings. The molecular formula is C13H15N3OS. The largest absolute Gasteiger partial charge is 0.484 e. The van der Waals surface area contributed by atoms with E-state index in [9.17, 15) is 0 Å². The normalized spacial score (nSPS) is 11.4. The molecule has 3 rings (SSSR count). The molecule has 0 amide bonds. The molecular weight excluding hydrogens is 246 g/mol. The van der Waals surface area contributed by atoms with Gasteiger partial charge < -0.3 is 10.5 Å². The van der Waals surface area contributed by atoms with Gasteiger partial charge in [0.05, 0.1) is 24.9 Å². The maximum absolute atomic E-state index is 5.62. The molecule has 4 nitrogen and oxygen atoms in total. The van der Waals surface area contributed by atoms with Gasteiger partial charge in [-0.25, -0.2) is 0 Å². The minimum absolute atomic E-state index is 0.593. The maximum atomic E-state index is 5.62. The van der Waals surface area contributed by atoms with E-state index in [2.05, 4.69) is 23.3 Å². The van der Waals surface area contributed by atoms with Gasteiger partial charge in [-0.3, -0.25) is 4.68 Å². The molecule has 0 aliphatic heterocycles. The van der Waals surface area contributed by atoms with E-state index in [0.29, 0.717) is 13.2 Å². The lowest BCUT2D eigenvalue weighted by Crippen LogP contribution is -2.10. The third kappa shape index (κ3) is 1.76. The highest BCUT2D eigenvalue weighted by Gasteiger charge is 2.10. The Bertz CT molecular complexity index is 686. The van der Waals surface area contributed by atoms with Gasteiger partial charge in [0.15, 0.2) is 5.06 Å². The number of hydrogen-bond acceptors (Lipinski definition) is 4. The molecule has 3 aromatic rings. The summed E-state index contributed by atoms with van der Waals surface area (Å²) in [6, 6.07) is 6.32. The van der Waals surface area contributed by atoms with Gasteiger partial charge in [0.25, 0.3) is 0 Å². The minimum Gasteiger partial charge on any atom is -0.484 e. The Kier molecular flexibility index (Phi) is 2.93. The summed E-state index contributed by atoms with van der Waals surface area (Å²) in [6.07, 6.45) is 1.89. The highest BCUT2D eigenvalue weighted by atomic mass is 32.1. The van der Waals surface area contributed by atoms with E-state index in [1.165, 1.54) is 10.1 Å². The van der Waals surface area contributed by atoms with Crippen molar-refractivity contribution in [2.24, 2.45) is 5.73 Å². The van der Waals surface area contributed by atoms with Crippen molar-refractivity contribution in [2.45, 2.75) is 13.5 Å². The Morgan fingerprint density at radius 3 is 3.11 bits per heavy atom. The summed E-state index contributed by atoms with van der Waals surface area (Å²) in [7, 11) is 0. The summed E-state index contributed by atoms with van der Waals surface area (Å²) >= 11 is 1.67. The molecule has 0 radical (unpaired) electrons. The molecule has 0 saturated heterocycles. The molecule has 18 heavy (non-hydrogen) atoms. The van der Waals surface area contributed by atoms with Crippen molar-refractivity contribution in [3.05, 3.63) is 24.4 Å². The number of fused-ring (bicyclic) bond motifs is 3. The Labute approximate surface area is 109 Å². The summed E-state index contributed by atoms with van der Waals surface area (Å²) < 4.78 is 8.78. The fraction of sp³-hybridized carbons (Fsp3) is 0.308. The number of ether oxygens (including phenoxy) is 1. The lowest BCUT2D eigenvalue weighted by molar-refractivity contribution is 0.350. The van der Waals surface area contributed by atoms with Gasteiger partial charge >= 0.3 is 0 Å². The first kappa shape index (κ1) is 11.5. The van der Waals surface area contributed by atoms with E-state index in [1.54, 1.807) is 11.3 Å². The van der Waals surface area contributed by atoms with Gasteiger partial charge in [0, 0.05) is 28.1 Å². The first-order valence-corrected chi connectivity index (χ1v) is 6.86.